The molecular weight excluding hydrogens is 726 g/mol. The zero-order valence-electron chi connectivity index (χ0n) is 31.2. The molecule has 4 N–H and O–H groups in total. The van der Waals surface area contributed by atoms with Gasteiger partial charge in [-0.15, -0.1) is 0 Å². The Morgan fingerprint density at radius 3 is 2.33 bits per heavy atom. The largest absolute Gasteiger partial charge is 0.458 e. The van der Waals surface area contributed by atoms with Crippen molar-refractivity contribution in [1.82, 2.24) is 20.0 Å². The highest BCUT2D eigenvalue weighted by Crippen LogP contribution is 2.46. The van der Waals surface area contributed by atoms with Gasteiger partial charge in [-0.25, -0.2) is 14.4 Å². The highest BCUT2D eigenvalue weighted by atomic mass is 31.2. The van der Waals surface area contributed by atoms with Gasteiger partial charge in [0.2, 0.25) is 11.7 Å². The highest BCUT2D eigenvalue weighted by molar-refractivity contribution is 7.52. The molecular formula is C41H52FN4O8P. The number of carbonyl (C=O) groups is 1. The summed E-state index contributed by atoms with van der Waals surface area (Å²) in [6.07, 6.45) is 25.2. The van der Waals surface area contributed by atoms with Crippen LogP contribution in [0, 0.1) is 5.82 Å². The van der Waals surface area contributed by atoms with E-state index < -0.39 is 49.9 Å². The number of H-pyrrole nitrogens is 1. The van der Waals surface area contributed by atoms with Crippen molar-refractivity contribution < 1.29 is 32.6 Å². The van der Waals surface area contributed by atoms with Gasteiger partial charge < -0.3 is 19.7 Å². The van der Waals surface area contributed by atoms with Gasteiger partial charge in [0, 0.05) is 31.3 Å². The molecule has 0 bridgehead atoms. The second-order valence-corrected chi connectivity index (χ2v) is 14.5. The first-order valence-electron chi connectivity index (χ1n) is 18.7. The van der Waals surface area contributed by atoms with Crippen LogP contribution in [-0.4, -0.2) is 52.5 Å². The van der Waals surface area contributed by atoms with E-state index in [1.807, 2.05) is 35.3 Å². The van der Waals surface area contributed by atoms with Crippen molar-refractivity contribution in [3.63, 3.8) is 0 Å². The number of fused-ring (bicyclic) bond motifs is 1. The smallest absolute Gasteiger partial charge is 0.413 e. The molecule has 1 aliphatic heterocycles. The first-order chi connectivity index (χ1) is 26.7. The lowest BCUT2D eigenvalue weighted by Crippen LogP contribution is -2.34. The van der Waals surface area contributed by atoms with Crippen LogP contribution in [0.25, 0.3) is 10.8 Å². The Hall–Kier alpha value is -4.65. The Morgan fingerprint density at radius 2 is 1.62 bits per heavy atom. The van der Waals surface area contributed by atoms with Crippen molar-refractivity contribution in [2.45, 2.75) is 83.1 Å². The van der Waals surface area contributed by atoms with Crippen molar-refractivity contribution in [2.75, 3.05) is 19.7 Å². The van der Waals surface area contributed by atoms with Crippen LogP contribution in [0.5, 0.6) is 5.75 Å². The second-order valence-electron chi connectivity index (χ2n) is 12.8. The quantitative estimate of drug-likeness (QED) is 0.0440. The van der Waals surface area contributed by atoms with Crippen molar-refractivity contribution >= 4 is 24.4 Å². The van der Waals surface area contributed by atoms with Crippen molar-refractivity contribution in [3.8, 4) is 5.75 Å². The summed E-state index contributed by atoms with van der Waals surface area (Å²) < 4.78 is 46.3. The van der Waals surface area contributed by atoms with Gasteiger partial charge in [-0.3, -0.25) is 23.7 Å². The highest BCUT2D eigenvalue weighted by Gasteiger charge is 2.38. The fraction of sp³-hybridized carbons (Fsp3) is 0.390. The number of hydrogen-bond acceptors (Lipinski definition) is 8. The number of aliphatic hydroxyl groups excluding tert-OH is 1. The van der Waals surface area contributed by atoms with Gasteiger partial charge in [0.05, 0.1) is 18.9 Å². The van der Waals surface area contributed by atoms with Crippen LogP contribution < -0.4 is 26.2 Å². The molecule has 0 saturated carbocycles. The Morgan fingerprint density at radius 1 is 0.964 bits per heavy atom. The Balaban J connectivity index is 1.20. The lowest BCUT2D eigenvalue weighted by molar-refractivity contribution is -0.121. The second kappa shape index (κ2) is 23.3. The normalized spacial score (nSPS) is 18.8. The van der Waals surface area contributed by atoms with Crippen molar-refractivity contribution in [2.24, 2.45) is 0 Å². The average molecular weight is 779 g/mol. The van der Waals surface area contributed by atoms with E-state index in [2.05, 4.69) is 78.1 Å². The topological polar surface area (TPSA) is 161 Å². The Kier molecular flexibility index (Phi) is 18.3. The van der Waals surface area contributed by atoms with E-state index in [0.717, 1.165) is 48.5 Å². The van der Waals surface area contributed by atoms with E-state index in [9.17, 15) is 28.4 Å². The van der Waals surface area contributed by atoms with Crippen LogP contribution in [0.4, 0.5) is 4.39 Å². The zero-order valence-corrected chi connectivity index (χ0v) is 32.1. The van der Waals surface area contributed by atoms with Crippen LogP contribution in [0.15, 0.2) is 119 Å². The third-order valence-electron chi connectivity index (χ3n) is 8.50. The number of unbranched alkanes of at least 4 members (excludes halogenated alkanes) is 1. The molecule has 1 aliphatic rings. The van der Waals surface area contributed by atoms with Gasteiger partial charge in [0.1, 0.15) is 18.1 Å². The molecule has 0 aliphatic carbocycles. The van der Waals surface area contributed by atoms with Crippen LogP contribution in [0.1, 0.15) is 70.9 Å². The van der Waals surface area contributed by atoms with Gasteiger partial charge in [-0.05, 0) is 56.4 Å². The van der Waals surface area contributed by atoms with Gasteiger partial charge >= 0.3 is 13.4 Å². The molecule has 1 aromatic heterocycles. The number of allylic oxidation sites excluding steroid dienone is 10. The number of nitrogens with zero attached hydrogens (tertiary/aromatic N) is 1. The van der Waals surface area contributed by atoms with E-state index in [0.29, 0.717) is 24.4 Å². The molecule has 2 aromatic carbocycles. The van der Waals surface area contributed by atoms with Crippen molar-refractivity contribution in [1.29, 1.82) is 0 Å². The lowest BCUT2D eigenvalue weighted by Gasteiger charge is -2.23. The van der Waals surface area contributed by atoms with Crippen LogP contribution in [0.2, 0.25) is 0 Å². The number of carbonyl (C=O) groups excluding carboxylic acids is 1. The number of hydrogen-bond donors (Lipinski definition) is 4. The number of aromatic nitrogens is 2. The third-order valence-corrected chi connectivity index (χ3v) is 10.0. The van der Waals surface area contributed by atoms with E-state index in [-0.39, 0.29) is 31.2 Å². The minimum Gasteiger partial charge on any atom is -0.413 e. The standard InChI is InChI=1S/C41H52FN4O8P/c1-2-3-4-5-6-7-8-9-10-11-12-13-14-15-16-17-18-26-38(48)43-27-28-44-55(51,54-36-25-21-23-32-22-19-20-24-33(32)36)52-31-37-35(47)29-39(53-37)46-30-34(42)40(49)45-41(46)50/h3-4,6-7,9-10,12-13,15-16,19-25,30,35,37,39,47H,2,5,8,11,14,17-18,26-29,31H2,1H3,(H,43,48)(H,44,51)(H,45,49,50)/b4-3-,7-6-,10-9-,13-12-,16-15-/t35-,37+,39?,55?/m0/s1. The van der Waals surface area contributed by atoms with Gasteiger partial charge in [0.15, 0.2) is 0 Å². The maximum Gasteiger partial charge on any atom is 0.458 e. The molecule has 55 heavy (non-hydrogen) atoms. The molecule has 14 heteroatoms. The molecule has 4 rings (SSSR count). The summed E-state index contributed by atoms with van der Waals surface area (Å²) in [5.74, 6) is -1.05. The summed E-state index contributed by atoms with van der Waals surface area (Å²) >= 11 is 0. The molecule has 0 radical (unpaired) electrons. The van der Waals surface area contributed by atoms with Gasteiger partial charge in [-0.1, -0.05) is 104 Å². The first kappa shape index (κ1) is 43.1. The number of amides is 1. The summed E-state index contributed by atoms with van der Waals surface area (Å²) in [6.45, 7) is 1.88. The third kappa shape index (κ3) is 14.8. The van der Waals surface area contributed by atoms with E-state index in [1.54, 1.807) is 12.1 Å². The molecule has 2 unspecified atom stereocenters. The van der Waals surface area contributed by atoms with Crippen molar-refractivity contribution in [3.05, 3.63) is 136 Å². The molecule has 2 heterocycles. The predicted octanol–water partition coefficient (Wildman–Crippen LogP) is 7.31. The Bertz CT molecular complexity index is 1980. The molecule has 296 valence electrons. The Labute approximate surface area is 321 Å². The zero-order chi connectivity index (χ0) is 39.3. The van der Waals surface area contributed by atoms with Gasteiger partial charge in [-0.2, -0.15) is 4.39 Å². The number of benzene rings is 2. The molecule has 0 spiro atoms. The predicted molar refractivity (Wildman–Crippen MR) is 213 cm³/mol. The average Bonchev–Trinajstić information content (AvgIpc) is 3.55. The number of aliphatic hydroxyl groups is 1. The lowest BCUT2D eigenvalue weighted by atomic mass is 10.1. The molecule has 4 atom stereocenters. The molecule has 1 fully saturated rings. The molecule has 1 amide bonds. The monoisotopic (exact) mass is 778 g/mol. The number of nitrogens with one attached hydrogen (secondary N) is 3. The van der Waals surface area contributed by atoms with Gasteiger partial charge in [0.25, 0.3) is 5.56 Å². The fourth-order valence-electron chi connectivity index (χ4n) is 5.62. The van der Waals surface area contributed by atoms with E-state index in [1.165, 1.54) is 0 Å². The summed E-state index contributed by atoms with van der Waals surface area (Å²) in [7, 11) is -4.15. The van der Waals surface area contributed by atoms with Crippen LogP contribution in [-0.2, 0) is 18.6 Å². The fourth-order valence-corrected chi connectivity index (χ4v) is 6.98. The van der Waals surface area contributed by atoms with Crippen LogP contribution in [0.3, 0.4) is 0 Å². The van der Waals surface area contributed by atoms with E-state index in [4.69, 9.17) is 13.8 Å². The molecule has 12 nitrogen and oxygen atoms in total. The summed E-state index contributed by atoms with van der Waals surface area (Å²) in [4.78, 5) is 38.0. The minimum atomic E-state index is -4.15. The molecule has 3 aromatic rings. The summed E-state index contributed by atoms with van der Waals surface area (Å²) in [5.41, 5.74) is -2.08. The number of rotatable bonds is 23. The number of halogens is 1. The number of aromatic amines is 1. The van der Waals surface area contributed by atoms with Crippen LogP contribution >= 0.6 is 7.75 Å². The maximum absolute atomic E-state index is 14.1. The minimum absolute atomic E-state index is 0.0330. The maximum atomic E-state index is 14.1. The summed E-state index contributed by atoms with van der Waals surface area (Å²) in [6, 6.07) is 12.6. The summed E-state index contributed by atoms with van der Waals surface area (Å²) in [5, 5.41) is 17.8. The number of ether oxygens (including phenoxy) is 1. The molecule has 1 saturated heterocycles. The van der Waals surface area contributed by atoms with E-state index >= 15 is 0 Å². The SMILES string of the molecule is CC/C=C\C/C=C\C/C=C\C/C=C\C/C=C\CCCC(=O)NCCNP(=O)(OC[C@H]1OC(n2cc(F)c(=O)[nH]c2=O)C[C@@H]1O)Oc1cccc2ccccc12. The first-order valence-corrected chi connectivity index (χ1v) is 20.3.